The molecule has 0 aromatic heterocycles. The van der Waals surface area contributed by atoms with Crippen LogP contribution in [-0.2, 0) is 9.84 Å². The number of guanidine groups is 1. The number of methoxy groups -OCH3 is 1. The summed E-state index contributed by atoms with van der Waals surface area (Å²) in [7, 11) is -1.50. The maximum Gasteiger partial charge on any atom is 0.191 e. The molecule has 0 spiro atoms. The highest BCUT2D eigenvalue weighted by Gasteiger charge is 2.30. The van der Waals surface area contributed by atoms with Gasteiger partial charge in [0.25, 0.3) is 0 Å². The van der Waals surface area contributed by atoms with Gasteiger partial charge in [0.2, 0.25) is 0 Å². The van der Waals surface area contributed by atoms with Crippen molar-refractivity contribution in [3.8, 4) is 5.75 Å². The van der Waals surface area contributed by atoms with Crippen molar-refractivity contribution in [2.24, 2.45) is 4.99 Å². The van der Waals surface area contributed by atoms with E-state index in [1.807, 2.05) is 25.1 Å². The van der Waals surface area contributed by atoms with Gasteiger partial charge in [0.15, 0.2) is 15.8 Å². The number of rotatable bonds is 9. The van der Waals surface area contributed by atoms with Gasteiger partial charge >= 0.3 is 0 Å². The summed E-state index contributed by atoms with van der Waals surface area (Å²) in [6, 6.07) is 8.28. The average Bonchev–Trinajstić information content (AvgIpc) is 3.20. The lowest BCUT2D eigenvalue weighted by Crippen LogP contribution is -2.44. The van der Waals surface area contributed by atoms with Gasteiger partial charge < -0.3 is 15.4 Å². The zero-order valence-corrected chi connectivity index (χ0v) is 19.2. The minimum absolute atomic E-state index is 0.153. The Balaban J connectivity index is 2.19. The molecule has 1 unspecified atom stereocenters. The molecule has 1 atom stereocenters. The maximum atomic E-state index is 12.0. The first-order valence-corrected chi connectivity index (χ1v) is 12.2. The highest BCUT2D eigenvalue weighted by atomic mass is 32.2. The number of aliphatic imine (C=N–C) groups is 1. The molecular formula is C21H36N4O3S. The normalized spacial score (nSPS) is 17.2. The lowest BCUT2D eigenvalue weighted by Gasteiger charge is -2.30. The molecule has 1 aliphatic rings. The number of nitrogens with zero attached hydrogens (tertiary/aromatic N) is 2. The molecule has 0 saturated carbocycles. The fourth-order valence-corrected chi connectivity index (χ4v) is 3.65. The van der Waals surface area contributed by atoms with Gasteiger partial charge in [-0.15, -0.1) is 0 Å². The molecule has 2 N–H and O–H groups in total. The molecule has 7 nitrogen and oxygen atoms in total. The Kier molecular flexibility index (Phi) is 8.34. The predicted octanol–water partition coefficient (Wildman–Crippen LogP) is 2.21. The number of hydrogen-bond donors (Lipinski definition) is 2. The minimum atomic E-state index is -3.20. The Labute approximate surface area is 175 Å². The van der Waals surface area contributed by atoms with Crippen LogP contribution < -0.4 is 15.4 Å². The zero-order chi connectivity index (χ0) is 21.5. The summed E-state index contributed by atoms with van der Waals surface area (Å²) in [6.45, 7) is 9.08. The van der Waals surface area contributed by atoms with Gasteiger partial charge in [-0.3, -0.25) is 9.89 Å². The largest absolute Gasteiger partial charge is 0.496 e. The van der Waals surface area contributed by atoms with Crippen LogP contribution in [0.5, 0.6) is 5.75 Å². The molecule has 29 heavy (non-hydrogen) atoms. The van der Waals surface area contributed by atoms with Gasteiger partial charge in [-0.25, -0.2) is 8.42 Å². The molecule has 1 fully saturated rings. The molecule has 164 valence electrons. The molecule has 0 aliphatic carbocycles. The topological polar surface area (TPSA) is 83.0 Å². The number of ether oxygens (including phenoxy) is 1. The van der Waals surface area contributed by atoms with Gasteiger partial charge in [0, 0.05) is 24.9 Å². The SMILES string of the molecule is CCNC(=NCC(C)(C)S(C)(=O)=O)NCC(c1ccccc1OC)N1CCCC1. The van der Waals surface area contributed by atoms with E-state index in [0.717, 1.165) is 24.4 Å². The van der Waals surface area contributed by atoms with Crippen LogP contribution in [0.25, 0.3) is 0 Å². The van der Waals surface area contributed by atoms with E-state index in [0.29, 0.717) is 19.0 Å². The van der Waals surface area contributed by atoms with Crippen LogP contribution in [0.15, 0.2) is 29.3 Å². The highest BCUT2D eigenvalue weighted by Crippen LogP contribution is 2.31. The summed E-state index contributed by atoms with van der Waals surface area (Å²) in [4.78, 5) is 7.02. The number of sulfone groups is 1. The zero-order valence-electron chi connectivity index (χ0n) is 18.4. The van der Waals surface area contributed by atoms with Gasteiger partial charge in [-0.2, -0.15) is 0 Å². The van der Waals surface area contributed by atoms with E-state index in [4.69, 9.17) is 4.74 Å². The van der Waals surface area contributed by atoms with Crippen LogP contribution in [0.3, 0.4) is 0 Å². The number of benzene rings is 1. The molecule has 8 heteroatoms. The number of hydrogen-bond acceptors (Lipinski definition) is 5. The fourth-order valence-electron chi connectivity index (χ4n) is 3.35. The third-order valence-corrected chi connectivity index (χ3v) is 7.64. The molecule has 1 aromatic carbocycles. The second-order valence-electron chi connectivity index (χ2n) is 8.11. The van der Waals surface area contributed by atoms with Crippen molar-refractivity contribution in [1.82, 2.24) is 15.5 Å². The summed E-state index contributed by atoms with van der Waals surface area (Å²) < 4.78 is 28.7. The molecule has 0 bridgehead atoms. The predicted molar refractivity (Wildman–Crippen MR) is 119 cm³/mol. The van der Waals surface area contributed by atoms with Crippen LogP contribution in [0.1, 0.15) is 45.2 Å². The molecule has 1 heterocycles. The van der Waals surface area contributed by atoms with E-state index >= 15 is 0 Å². The molecular weight excluding hydrogens is 388 g/mol. The van der Waals surface area contributed by atoms with Crippen molar-refractivity contribution in [2.45, 2.75) is 44.4 Å². The van der Waals surface area contributed by atoms with Gasteiger partial charge in [-0.05, 0) is 52.8 Å². The minimum Gasteiger partial charge on any atom is -0.496 e. The molecule has 1 aliphatic heterocycles. The van der Waals surface area contributed by atoms with Crippen molar-refractivity contribution < 1.29 is 13.2 Å². The maximum absolute atomic E-state index is 12.0. The smallest absolute Gasteiger partial charge is 0.191 e. The summed E-state index contributed by atoms with van der Waals surface area (Å²) in [6.07, 6.45) is 3.65. The summed E-state index contributed by atoms with van der Waals surface area (Å²) in [5.41, 5.74) is 1.15. The third-order valence-electron chi connectivity index (χ3n) is 5.51. The monoisotopic (exact) mass is 424 g/mol. The molecule has 1 saturated heterocycles. The lowest BCUT2D eigenvalue weighted by molar-refractivity contribution is 0.239. The summed E-state index contributed by atoms with van der Waals surface area (Å²) >= 11 is 0. The first-order valence-electron chi connectivity index (χ1n) is 10.3. The molecule has 0 amide bonds. The number of nitrogens with one attached hydrogen (secondary N) is 2. The van der Waals surface area contributed by atoms with Crippen molar-refractivity contribution in [3.63, 3.8) is 0 Å². The van der Waals surface area contributed by atoms with Crippen LogP contribution in [0.2, 0.25) is 0 Å². The summed E-state index contributed by atoms with van der Waals surface area (Å²) in [5.74, 6) is 1.51. The van der Waals surface area contributed by atoms with E-state index in [2.05, 4.69) is 26.6 Å². The Hall–Kier alpha value is -1.80. The standard InChI is InChI=1S/C21H36N4O3S/c1-6-22-20(24-16-21(2,3)29(5,26)27)23-15-18(25-13-9-10-14-25)17-11-7-8-12-19(17)28-4/h7-8,11-12,18H,6,9-10,13-16H2,1-5H3,(H2,22,23,24). The molecule has 0 radical (unpaired) electrons. The Bertz CT molecular complexity index is 787. The molecule has 2 rings (SSSR count). The number of para-hydroxylation sites is 1. The highest BCUT2D eigenvalue weighted by molar-refractivity contribution is 7.92. The van der Waals surface area contributed by atoms with Gasteiger partial charge in [-0.1, -0.05) is 18.2 Å². The van der Waals surface area contributed by atoms with E-state index in [-0.39, 0.29) is 12.6 Å². The van der Waals surface area contributed by atoms with E-state index < -0.39 is 14.6 Å². The van der Waals surface area contributed by atoms with E-state index in [9.17, 15) is 8.42 Å². The third kappa shape index (κ3) is 6.34. The first-order chi connectivity index (χ1) is 13.7. The first kappa shape index (κ1) is 23.5. The van der Waals surface area contributed by atoms with Crippen LogP contribution >= 0.6 is 0 Å². The van der Waals surface area contributed by atoms with E-state index in [1.54, 1.807) is 21.0 Å². The van der Waals surface area contributed by atoms with Gasteiger partial charge in [0.05, 0.1) is 24.4 Å². The molecule has 1 aromatic rings. The van der Waals surface area contributed by atoms with E-state index in [1.165, 1.54) is 19.1 Å². The van der Waals surface area contributed by atoms with Crippen molar-refractivity contribution in [2.75, 3.05) is 46.1 Å². The van der Waals surface area contributed by atoms with Crippen LogP contribution in [0.4, 0.5) is 0 Å². The van der Waals surface area contributed by atoms with Crippen molar-refractivity contribution >= 4 is 15.8 Å². The van der Waals surface area contributed by atoms with Crippen molar-refractivity contribution in [3.05, 3.63) is 29.8 Å². The number of likely N-dealkylation sites (tertiary alicyclic amines) is 1. The second kappa shape index (κ2) is 10.3. The lowest BCUT2D eigenvalue weighted by atomic mass is 10.0. The quantitative estimate of drug-likeness (QED) is 0.467. The van der Waals surface area contributed by atoms with Crippen LogP contribution in [0, 0.1) is 0 Å². The Morgan fingerprint density at radius 3 is 2.48 bits per heavy atom. The Morgan fingerprint density at radius 1 is 1.24 bits per heavy atom. The summed E-state index contributed by atoms with van der Waals surface area (Å²) in [5, 5.41) is 6.65. The Morgan fingerprint density at radius 2 is 1.90 bits per heavy atom. The average molecular weight is 425 g/mol. The van der Waals surface area contributed by atoms with Gasteiger partial charge in [0.1, 0.15) is 5.75 Å². The van der Waals surface area contributed by atoms with Crippen molar-refractivity contribution in [1.29, 1.82) is 0 Å². The fraction of sp³-hybridized carbons (Fsp3) is 0.667. The van der Waals surface area contributed by atoms with Crippen LogP contribution in [-0.4, -0.2) is 70.1 Å². The second-order valence-corrected chi connectivity index (χ2v) is 10.8.